The van der Waals surface area contributed by atoms with Crippen LogP contribution in [-0.4, -0.2) is 23.8 Å². The highest BCUT2D eigenvalue weighted by Crippen LogP contribution is 2.48. The van der Waals surface area contributed by atoms with Gasteiger partial charge in [-0.1, -0.05) is 48.5 Å². The van der Waals surface area contributed by atoms with Crippen molar-refractivity contribution in [2.45, 2.75) is 13.8 Å². The Hall–Kier alpha value is -2.83. The van der Waals surface area contributed by atoms with E-state index in [0.29, 0.717) is 35.5 Å². The Morgan fingerprint density at radius 2 is 1.62 bits per heavy atom. The number of benzene rings is 2. The summed E-state index contributed by atoms with van der Waals surface area (Å²) in [5, 5.41) is 13.5. The Balaban J connectivity index is 2.24. The maximum atomic E-state index is 13.8. The first kappa shape index (κ1) is 18.0. The molecule has 2 aromatic rings. The van der Waals surface area contributed by atoms with Crippen molar-refractivity contribution in [1.29, 1.82) is 5.26 Å². The van der Waals surface area contributed by atoms with Gasteiger partial charge in [-0.3, -0.25) is 4.57 Å². The lowest BCUT2D eigenvalue weighted by atomic mass is 10.1. The van der Waals surface area contributed by atoms with E-state index in [1.807, 2.05) is 67.3 Å². The van der Waals surface area contributed by atoms with Crippen LogP contribution in [0.4, 0.5) is 0 Å². The van der Waals surface area contributed by atoms with Crippen molar-refractivity contribution in [3.05, 3.63) is 71.8 Å². The van der Waals surface area contributed by atoms with E-state index < -0.39 is 7.44 Å². The highest BCUT2D eigenvalue weighted by atomic mass is 31.2. The molecule has 26 heavy (non-hydrogen) atoms. The molecule has 0 fully saturated rings. The van der Waals surface area contributed by atoms with Crippen LogP contribution in [0.15, 0.2) is 71.0 Å². The van der Waals surface area contributed by atoms with Gasteiger partial charge in [-0.2, -0.15) is 10.0 Å². The van der Waals surface area contributed by atoms with E-state index >= 15 is 0 Å². The van der Waals surface area contributed by atoms with Gasteiger partial charge in [-0.15, -0.1) is 0 Å². The van der Waals surface area contributed by atoms with E-state index in [4.69, 9.17) is 0 Å². The molecule has 1 atom stereocenters. The molecular formula is C20H21N4OP. The van der Waals surface area contributed by atoms with E-state index in [1.165, 1.54) is 0 Å². The minimum atomic E-state index is -3.29. The molecule has 1 aliphatic heterocycles. The molecule has 0 aliphatic carbocycles. The van der Waals surface area contributed by atoms with Crippen molar-refractivity contribution in [2.24, 2.45) is 4.76 Å². The largest absolute Gasteiger partial charge is 0.356 e. The third-order valence-corrected chi connectivity index (χ3v) is 6.31. The van der Waals surface area contributed by atoms with Gasteiger partial charge in [0.05, 0.1) is 11.0 Å². The zero-order valence-corrected chi connectivity index (χ0v) is 15.8. The molecule has 1 heterocycles. The van der Waals surface area contributed by atoms with Gasteiger partial charge >= 0.3 is 7.44 Å². The van der Waals surface area contributed by atoms with Crippen LogP contribution in [0.1, 0.15) is 19.4 Å². The summed E-state index contributed by atoms with van der Waals surface area (Å²) in [5.74, 6) is 0.488. The fourth-order valence-electron chi connectivity index (χ4n) is 2.94. The monoisotopic (exact) mass is 364 g/mol. The van der Waals surface area contributed by atoms with Gasteiger partial charge < -0.3 is 9.99 Å². The third kappa shape index (κ3) is 3.29. The normalized spacial score (nSPS) is 19.3. The molecule has 0 radical (unpaired) electrons. The zero-order chi connectivity index (χ0) is 18.6. The summed E-state index contributed by atoms with van der Waals surface area (Å²) < 4.78 is 18.3. The van der Waals surface area contributed by atoms with Crippen LogP contribution < -0.4 is 10.4 Å². The Morgan fingerprint density at radius 1 is 1.04 bits per heavy atom. The first-order valence-corrected chi connectivity index (χ1v) is 10.3. The summed E-state index contributed by atoms with van der Waals surface area (Å²) in [6.45, 7) is 5.35. The summed E-state index contributed by atoms with van der Waals surface area (Å²) in [5.41, 5.74) is 1.80. The Kier molecular flexibility index (Phi) is 5.25. The molecule has 5 nitrogen and oxygen atoms in total. The predicted molar refractivity (Wildman–Crippen MR) is 106 cm³/mol. The van der Waals surface area contributed by atoms with Gasteiger partial charge in [0.2, 0.25) is 0 Å². The number of amidine groups is 1. The summed E-state index contributed by atoms with van der Waals surface area (Å²) in [7, 11) is -3.29. The number of nitrogens with zero attached hydrogens (tertiary/aromatic N) is 3. The van der Waals surface area contributed by atoms with Crippen LogP contribution in [-0.2, 0) is 4.57 Å². The molecule has 0 saturated heterocycles. The van der Waals surface area contributed by atoms with E-state index in [-0.39, 0.29) is 0 Å². The van der Waals surface area contributed by atoms with Crippen molar-refractivity contribution in [1.82, 2.24) is 9.99 Å². The molecule has 0 saturated carbocycles. The van der Waals surface area contributed by atoms with E-state index in [2.05, 4.69) is 15.9 Å². The summed E-state index contributed by atoms with van der Waals surface area (Å²) in [6.07, 6.45) is 0. The highest BCUT2D eigenvalue weighted by Gasteiger charge is 2.35. The number of nitriles is 1. The van der Waals surface area contributed by atoms with Crippen LogP contribution in [0.2, 0.25) is 0 Å². The van der Waals surface area contributed by atoms with Gasteiger partial charge in [-0.25, -0.2) is 0 Å². The molecule has 6 heteroatoms. The Labute approximate surface area is 154 Å². The topological polar surface area (TPSA) is 68.5 Å². The lowest BCUT2D eigenvalue weighted by Crippen LogP contribution is -2.36. The quantitative estimate of drug-likeness (QED) is 0.839. The standard InChI is InChI=1S/C20H21N4OP/c1-3-24(4-2)20-18(15-21)19(16-11-7-5-8-12-16)22-26(25,23-20)17-13-9-6-10-14-17/h5-14H,3-4H2,1-2H3,(H,22,23,25). The van der Waals surface area contributed by atoms with Gasteiger partial charge in [0.1, 0.15) is 11.6 Å². The van der Waals surface area contributed by atoms with Gasteiger partial charge in [0, 0.05) is 13.1 Å². The number of likely N-dealkylation sites (N-methyl/N-ethyl adjacent to an activating group) is 1. The van der Waals surface area contributed by atoms with Crippen molar-refractivity contribution >= 4 is 24.3 Å². The number of rotatable bonds is 4. The van der Waals surface area contributed by atoms with Gasteiger partial charge in [-0.05, 0) is 31.5 Å². The van der Waals surface area contributed by atoms with Gasteiger partial charge in [0.25, 0.3) is 0 Å². The first-order chi connectivity index (χ1) is 12.6. The van der Waals surface area contributed by atoms with E-state index in [9.17, 15) is 9.83 Å². The SMILES string of the molecule is CCN(CC)C1=NP(=O)(c2ccccc2)NC(c2ccccc2)=C1C#N. The van der Waals surface area contributed by atoms with Crippen molar-refractivity contribution in [3.8, 4) is 6.07 Å². The molecule has 0 aromatic heterocycles. The number of hydrogen-bond acceptors (Lipinski definition) is 3. The molecule has 2 aromatic carbocycles. The van der Waals surface area contributed by atoms with Gasteiger partial charge in [0.15, 0.2) is 5.84 Å². The lowest BCUT2D eigenvalue weighted by Gasteiger charge is -2.31. The first-order valence-electron chi connectivity index (χ1n) is 8.62. The van der Waals surface area contributed by atoms with E-state index in [1.54, 1.807) is 12.1 Å². The molecule has 1 aliphatic rings. The summed E-state index contributed by atoms with van der Waals surface area (Å²) in [4.78, 5) is 1.97. The average Bonchev–Trinajstić information content (AvgIpc) is 2.70. The maximum Gasteiger partial charge on any atom is 0.310 e. The van der Waals surface area contributed by atoms with Crippen molar-refractivity contribution in [2.75, 3.05) is 13.1 Å². The lowest BCUT2D eigenvalue weighted by molar-refractivity contribution is 0.466. The molecular weight excluding hydrogens is 343 g/mol. The fourth-order valence-corrected chi connectivity index (χ4v) is 4.85. The second kappa shape index (κ2) is 7.59. The predicted octanol–water partition coefficient (Wildman–Crippen LogP) is 3.78. The van der Waals surface area contributed by atoms with Crippen LogP contribution in [0.5, 0.6) is 0 Å². The number of nitrogens with one attached hydrogen (secondary N) is 1. The summed E-state index contributed by atoms with van der Waals surface area (Å²) in [6, 6.07) is 20.9. The highest BCUT2D eigenvalue weighted by molar-refractivity contribution is 7.69. The maximum absolute atomic E-state index is 13.8. The van der Waals surface area contributed by atoms with Crippen LogP contribution in [0.25, 0.3) is 5.70 Å². The Morgan fingerprint density at radius 3 is 2.15 bits per heavy atom. The molecule has 1 N–H and O–H groups in total. The molecule has 0 amide bonds. The van der Waals surface area contributed by atoms with Crippen LogP contribution in [0, 0.1) is 11.3 Å². The third-order valence-electron chi connectivity index (χ3n) is 4.32. The van der Waals surface area contributed by atoms with E-state index in [0.717, 1.165) is 5.56 Å². The summed E-state index contributed by atoms with van der Waals surface area (Å²) >= 11 is 0. The fraction of sp³-hybridized carbons (Fsp3) is 0.200. The second-order valence-corrected chi connectivity index (χ2v) is 7.94. The molecule has 3 rings (SSSR count). The van der Waals surface area contributed by atoms with Crippen molar-refractivity contribution in [3.63, 3.8) is 0 Å². The average molecular weight is 364 g/mol. The minimum absolute atomic E-state index is 0.419. The minimum Gasteiger partial charge on any atom is -0.356 e. The van der Waals surface area contributed by atoms with Crippen LogP contribution >= 0.6 is 7.44 Å². The molecule has 0 bridgehead atoms. The molecule has 0 spiro atoms. The second-order valence-electron chi connectivity index (χ2n) is 5.85. The molecule has 1 unspecified atom stereocenters. The van der Waals surface area contributed by atoms with Crippen LogP contribution in [0.3, 0.4) is 0 Å². The number of hydrogen-bond donors (Lipinski definition) is 1. The molecule has 132 valence electrons. The van der Waals surface area contributed by atoms with Crippen molar-refractivity contribution < 1.29 is 4.57 Å². The zero-order valence-electron chi connectivity index (χ0n) is 14.9. The Bertz CT molecular complexity index is 925. The smallest absolute Gasteiger partial charge is 0.310 e.